The number of fused-ring (bicyclic) bond motifs is 1. The van der Waals surface area contributed by atoms with Crippen molar-refractivity contribution in [1.29, 1.82) is 0 Å². The monoisotopic (exact) mass is 538 g/mol. The number of aromatic nitrogens is 1. The highest BCUT2D eigenvalue weighted by Gasteiger charge is 2.52. The average Bonchev–Trinajstić information content (AvgIpc) is 3.33. The van der Waals surface area contributed by atoms with Crippen molar-refractivity contribution in [2.45, 2.75) is 48.0 Å². The SMILES string of the molecule is O=C(NOC1CCCCO1)C1(S(=O)(=O)c2ccc3nc(-c4ccc(F)c(F)c4)sc3c2)CCOCC1. The van der Waals surface area contributed by atoms with Gasteiger partial charge in [0.05, 0.1) is 15.1 Å². The molecule has 36 heavy (non-hydrogen) atoms. The van der Waals surface area contributed by atoms with Crippen molar-refractivity contribution in [1.82, 2.24) is 10.5 Å². The summed E-state index contributed by atoms with van der Waals surface area (Å²) in [7, 11) is -4.18. The maximum atomic E-state index is 13.9. The molecule has 2 aliphatic heterocycles. The Morgan fingerprint density at radius 2 is 1.89 bits per heavy atom. The lowest BCUT2D eigenvalue weighted by atomic mass is 9.98. The van der Waals surface area contributed by atoms with Crippen LogP contribution in [0.4, 0.5) is 8.78 Å². The molecule has 1 N–H and O–H groups in total. The topological polar surface area (TPSA) is 104 Å². The van der Waals surface area contributed by atoms with Gasteiger partial charge in [-0.15, -0.1) is 11.3 Å². The van der Waals surface area contributed by atoms with Crippen LogP contribution in [-0.2, 0) is 28.9 Å². The molecule has 0 bridgehead atoms. The second kappa shape index (κ2) is 10.1. The number of rotatable bonds is 6. The number of hydrogen-bond acceptors (Lipinski definition) is 8. The molecule has 1 atom stereocenters. The Labute approximate surface area is 210 Å². The number of ether oxygens (including phenoxy) is 2. The maximum absolute atomic E-state index is 13.9. The molecule has 5 rings (SSSR count). The fraction of sp³-hybridized carbons (Fsp3) is 0.417. The fourth-order valence-corrected chi connectivity index (χ4v) is 7.42. The van der Waals surface area contributed by atoms with Crippen LogP contribution in [0.3, 0.4) is 0 Å². The summed E-state index contributed by atoms with van der Waals surface area (Å²) in [5.74, 6) is -2.72. The molecule has 2 aromatic carbocycles. The Morgan fingerprint density at radius 3 is 2.61 bits per heavy atom. The normalized spacial score (nSPS) is 20.3. The second-order valence-electron chi connectivity index (χ2n) is 8.73. The molecule has 1 amide bonds. The highest BCUT2D eigenvalue weighted by molar-refractivity contribution is 7.93. The van der Waals surface area contributed by atoms with Crippen LogP contribution in [0, 0.1) is 11.6 Å². The van der Waals surface area contributed by atoms with E-state index in [0.29, 0.717) is 33.8 Å². The van der Waals surface area contributed by atoms with E-state index in [2.05, 4.69) is 10.5 Å². The number of hydroxylamine groups is 1. The molecule has 3 heterocycles. The molecule has 2 aliphatic rings. The molecule has 2 saturated heterocycles. The molecule has 2 fully saturated rings. The number of amides is 1. The van der Waals surface area contributed by atoms with E-state index in [-0.39, 0.29) is 31.0 Å². The lowest BCUT2D eigenvalue weighted by Crippen LogP contribution is -2.56. The van der Waals surface area contributed by atoms with E-state index in [1.165, 1.54) is 18.2 Å². The maximum Gasteiger partial charge on any atom is 0.265 e. The summed E-state index contributed by atoms with van der Waals surface area (Å²) in [5, 5.41) is 0.415. The number of nitrogens with zero attached hydrogens (tertiary/aromatic N) is 1. The van der Waals surface area contributed by atoms with Gasteiger partial charge in [-0.3, -0.25) is 4.79 Å². The third-order valence-corrected chi connectivity index (χ3v) is 10.1. The van der Waals surface area contributed by atoms with E-state index < -0.39 is 38.4 Å². The molecule has 3 aromatic rings. The number of carbonyl (C=O) groups is 1. The summed E-state index contributed by atoms with van der Waals surface area (Å²) in [4.78, 5) is 23.1. The average molecular weight is 539 g/mol. The summed E-state index contributed by atoms with van der Waals surface area (Å²) in [5.41, 5.74) is 3.22. The van der Waals surface area contributed by atoms with E-state index in [0.717, 1.165) is 36.3 Å². The molecule has 1 unspecified atom stereocenters. The van der Waals surface area contributed by atoms with E-state index >= 15 is 0 Å². The molecule has 1 aromatic heterocycles. The van der Waals surface area contributed by atoms with E-state index in [4.69, 9.17) is 14.3 Å². The van der Waals surface area contributed by atoms with Gasteiger partial charge in [0.2, 0.25) is 0 Å². The summed E-state index contributed by atoms with van der Waals surface area (Å²) in [6, 6.07) is 7.87. The highest BCUT2D eigenvalue weighted by Crippen LogP contribution is 2.38. The van der Waals surface area contributed by atoms with Crippen LogP contribution in [0.5, 0.6) is 0 Å². The van der Waals surface area contributed by atoms with Crippen LogP contribution in [0.25, 0.3) is 20.8 Å². The van der Waals surface area contributed by atoms with Crippen LogP contribution in [0.1, 0.15) is 32.1 Å². The number of nitrogens with one attached hydrogen (secondary N) is 1. The molecule has 12 heteroatoms. The van der Waals surface area contributed by atoms with Crippen molar-refractivity contribution in [3.8, 4) is 10.6 Å². The molecule has 0 saturated carbocycles. The van der Waals surface area contributed by atoms with Gasteiger partial charge in [0, 0.05) is 31.8 Å². The van der Waals surface area contributed by atoms with Crippen molar-refractivity contribution in [3.63, 3.8) is 0 Å². The summed E-state index contributed by atoms with van der Waals surface area (Å²) >= 11 is 1.15. The summed E-state index contributed by atoms with van der Waals surface area (Å²) in [6.07, 6.45) is 1.71. The van der Waals surface area contributed by atoms with Crippen LogP contribution >= 0.6 is 11.3 Å². The molecule has 0 radical (unpaired) electrons. The lowest BCUT2D eigenvalue weighted by molar-refractivity contribution is -0.202. The van der Waals surface area contributed by atoms with Gasteiger partial charge in [-0.1, -0.05) is 0 Å². The zero-order valence-electron chi connectivity index (χ0n) is 19.2. The standard InChI is InChI=1S/C24H24F2N2O6S2/c25-17-6-4-15(13-18(17)26)22-27-19-7-5-16(14-20(19)35-22)36(30,31)24(8-11-32-12-9-24)23(29)28-34-21-3-1-2-10-33-21/h4-7,13-14,21H,1-3,8-12H2,(H,28,29). The Balaban J connectivity index is 1.45. The zero-order valence-corrected chi connectivity index (χ0v) is 20.8. The molecule has 0 spiro atoms. The number of thiazole rings is 1. The van der Waals surface area contributed by atoms with Gasteiger partial charge in [-0.2, -0.15) is 0 Å². The zero-order chi connectivity index (χ0) is 25.3. The fourth-order valence-electron chi connectivity index (χ4n) is 4.39. The van der Waals surface area contributed by atoms with Crippen molar-refractivity contribution in [2.75, 3.05) is 19.8 Å². The highest BCUT2D eigenvalue weighted by atomic mass is 32.2. The van der Waals surface area contributed by atoms with Gasteiger partial charge in [0.1, 0.15) is 5.01 Å². The third kappa shape index (κ3) is 4.63. The second-order valence-corrected chi connectivity index (χ2v) is 12.0. The van der Waals surface area contributed by atoms with E-state index in [1.807, 2.05) is 0 Å². The third-order valence-electron chi connectivity index (χ3n) is 6.49. The minimum Gasteiger partial charge on any atom is -0.381 e. The quantitative estimate of drug-likeness (QED) is 0.471. The van der Waals surface area contributed by atoms with Gasteiger partial charge in [0.25, 0.3) is 5.91 Å². The van der Waals surface area contributed by atoms with Gasteiger partial charge in [-0.25, -0.2) is 32.5 Å². The van der Waals surface area contributed by atoms with Gasteiger partial charge >= 0.3 is 0 Å². The Morgan fingerprint density at radius 1 is 1.08 bits per heavy atom. The first kappa shape index (κ1) is 25.2. The predicted molar refractivity (Wildman–Crippen MR) is 128 cm³/mol. The number of sulfone groups is 1. The van der Waals surface area contributed by atoms with Crippen LogP contribution in [0.2, 0.25) is 0 Å². The molecular weight excluding hydrogens is 514 g/mol. The van der Waals surface area contributed by atoms with Gasteiger partial charge in [-0.05, 0) is 62.1 Å². The first-order valence-corrected chi connectivity index (χ1v) is 13.9. The lowest BCUT2D eigenvalue weighted by Gasteiger charge is -2.35. The summed E-state index contributed by atoms with van der Waals surface area (Å²) in [6.45, 7) is 0.727. The van der Waals surface area contributed by atoms with Crippen LogP contribution in [0.15, 0.2) is 41.3 Å². The number of hydrogen-bond donors (Lipinski definition) is 1. The molecule has 192 valence electrons. The van der Waals surface area contributed by atoms with Crippen molar-refractivity contribution >= 4 is 37.3 Å². The predicted octanol–water partition coefficient (Wildman–Crippen LogP) is 4.14. The number of halogens is 2. The smallest absolute Gasteiger partial charge is 0.265 e. The molecule has 8 nitrogen and oxygen atoms in total. The Kier molecular flexibility index (Phi) is 7.05. The van der Waals surface area contributed by atoms with E-state index in [9.17, 15) is 22.0 Å². The van der Waals surface area contributed by atoms with Crippen LogP contribution in [-0.4, -0.2) is 50.2 Å². The molecule has 0 aliphatic carbocycles. The Hall–Kier alpha value is -2.51. The van der Waals surface area contributed by atoms with E-state index in [1.54, 1.807) is 6.07 Å². The van der Waals surface area contributed by atoms with Crippen molar-refractivity contribution in [3.05, 3.63) is 48.0 Å². The van der Waals surface area contributed by atoms with Crippen molar-refractivity contribution in [2.24, 2.45) is 0 Å². The van der Waals surface area contributed by atoms with Crippen molar-refractivity contribution < 1.29 is 36.3 Å². The minimum atomic E-state index is -4.18. The number of carbonyl (C=O) groups excluding carboxylic acids is 1. The first-order valence-electron chi connectivity index (χ1n) is 11.6. The first-order chi connectivity index (χ1) is 17.3. The molecular formula is C24H24F2N2O6S2. The minimum absolute atomic E-state index is 0.0309. The van der Waals surface area contributed by atoms with Gasteiger partial charge in [0.15, 0.2) is 32.5 Å². The number of benzene rings is 2. The largest absolute Gasteiger partial charge is 0.381 e. The Bertz CT molecular complexity index is 1380. The van der Waals surface area contributed by atoms with Gasteiger partial charge < -0.3 is 9.47 Å². The van der Waals surface area contributed by atoms with Crippen LogP contribution < -0.4 is 5.48 Å². The summed E-state index contributed by atoms with van der Waals surface area (Å²) < 4.78 is 64.4.